The molecule has 3 heterocycles. The van der Waals surface area contributed by atoms with Crippen molar-refractivity contribution in [3.05, 3.63) is 78.0 Å². The third-order valence-electron chi connectivity index (χ3n) is 5.36. The van der Waals surface area contributed by atoms with Gasteiger partial charge in [-0.3, -0.25) is 0 Å². The first kappa shape index (κ1) is 24.9. The van der Waals surface area contributed by atoms with Crippen LogP contribution in [0.1, 0.15) is 24.1 Å². The molecule has 1 amide bonds. The maximum atomic E-state index is 15.0. The Labute approximate surface area is 210 Å². The number of aromatic nitrogens is 5. The summed E-state index contributed by atoms with van der Waals surface area (Å²) in [6.45, 7) is 1.65. The summed E-state index contributed by atoms with van der Waals surface area (Å²) in [4.78, 5) is 19.8. The van der Waals surface area contributed by atoms with Crippen LogP contribution in [0, 0.1) is 17.1 Å². The quantitative estimate of drug-likeness (QED) is 0.265. The summed E-state index contributed by atoms with van der Waals surface area (Å²) in [5, 5.41) is 34.9. The molecule has 12 nitrogen and oxygen atoms in total. The van der Waals surface area contributed by atoms with Crippen LogP contribution in [-0.2, 0) is 0 Å². The Hall–Kier alpha value is -5.25. The van der Waals surface area contributed by atoms with Crippen molar-refractivity contribution >= 4 is 23.4 Å². The predicted molar refractivity (Wildman–Crippen MR) is 131 cm³/mol. The average Bonchev–Trinajstić information content (AvgIpc) is 3.43. The zero-order chi connectivity index (χ0) is 26.4. The Bertz CT molecular complexity index is 1430. The van der Waals surface area contributed by atoms with Crippen molar-refractivity contribution in [1.29, 1.82) is 5.26 Å². The molecule has 0 spiro atoms. The van der Waals surface area contributed by atoms with Crippen LogP contribution in [0.15, 0.2) is 61.1 Å². The van der Waals surface area contributed by atoms with Crippen molar-refractivity contribution in [2.24, 2.45) is 0 Å². The monoisotopic (exact) mass is 503 g/mol. The van der Waals surface area contributed by atoms with Crippen molar-refractivity contribution in [3.63, 3.8) is 0 Å². The Kier molecular flexibility index (Phi) is 7.39. The number of hydrogen-bond donors (Lipinski definition) is 4. The largest absolute Gasteiger partial charge is 0.479 e. The Balaban J connectivity index is 1.69. The number of rotatable bonds is 9. The van der Waals surface area contributed by atoms with Crippen molar-refractivity contribution in [1.82, 2.24) is 30.3 Å². The Morgan fingerprint density at radius 3 is 2.68 bits per heavy atom. The van der Waals surface area contributed by atoms with Gasteiger partial charge in [-0.2, -0.15) is 5.26 Å². The first-order valence-electron chi connectivity index (χ1n) is 11.0. The van der Waals surface area contributed by atoms with Crippen molar-refractivity contribution in [2.45, 2.75) is 19.0 Å². The van der Waals surface area contributed by atoms with Crippen LogP contribution >= 0.6 is 0 Å². The van der Waals surface area contributed by atoms with Gasteiger partial charge in [-0.25, -0.2) is 23.8 Å². The van der Waals surface area contributed by atoms with Gasteiger partial charge in [0.2, 0.25) is 5.88 Å². The number of nitrogens with one attached hydrogen (secondary N) is 3. The number of ether oxygens (including phenoxy) is 1. The second-order valence-electron chi connectivity index (χ2n) is 7.82. The highest BCUT2D eigenvalue weighted by Gasteiger charge is 2.24. The molecular weight excluding hydrogens is 481 g/mol. The molecule has 4 N–H and O–H groups in total. The molecule has 0 aliphatic carbocycles. The van der Waals surface area contributed by atoms with Crippen molar-refractivity contribution in [2.75, 3.05) is 17.7 Å². The van der Waals surface area contributed by atoms with Gasteiger partial charge in [0.25, 0.3) is 0 Å². The lowest BCUT2D eigenvalue weighted by molar-refractivity contribution is 0.189. The van der Waals surface area contributed by atoms with Gasteiger partial charge in [0, 0.05) is 0 Å². The Morgan fingerprint density at radius 1 is 1.24 bits per heavy atom. The first-order valence-corrected chi connectivity index (χ1v) is 11.0. The number of nitrogens with zero attached hydrogens (tertiary/aromatic N) is 6. The lowest BCUT2D eigenvalue weighted by Gasteiger charge is -2.26. The molecule has 4 aromatic rings. The molecule has 1 aromatic carbocycles. The minimum atomic E-state index is -1.22. The van der Waals surface area contributed by atoms with Crippen molar-refractivity contribution < 1.29 is 19.0 Å². The van der Waals surface area contributed by atoms with E-state index in [0.29, 0.717) is 16.9 Å². The van der Waals surface area contributed by atoms with Crippen LogP contribution in [0.4, 0.5) is 26.5 Å². The van der Waals surface area contributed by atoms with Gasteiger partial charge in [0.15, 0.2) is 17.5 Å². The van der Waals surface area contributed by atoms with E-state index in [-0.39, 0.29) is 23.1 Å². The number of benzene rings is 1. The molecule has 13 heteroatoms. The van der Waals surface area contributed by atoms with E-state index in [4.69, 9.17) is 4.74 Å². The normalized spacial score (nSPS) is 12.2. The molecule has 0 saturated heterocycles. The van der Waals surface area contributed by atoms with E-state index >= 15 is 4.39 Å². The number of amides is 1. The van der Waals surface area contributed by atoms with E-state index in [0.717, 1.165) is 6.07 Å². The number of halogens is 1. The summed E-state index contributed by atoms with van der Waals surface area (Å²) in [6, 6.07) is 12.3. The minimum Gasteiger partial charge on any atom is -0.479 e. The summed E-state index contributed by atoms with van der Waals surface area (Å²) in [6.07, 6.45) is 3.35. The molecule has 0 aliphatic heterocycles. The van der Waals surface area contributed by atoms with Crippen LogP contribution in [0.5, 0.6) is 5.88 Å². The zero-order valence-electron chi connectivity index (χ0n) is 19.8. The molecule has 0 radical (unpaired) electrons. The van der Waals surface area contributed by atoms with E-state index < -0.39 is 24.0 Å². The summed E-state index contributed by atoms with van der Waals surface area (Å²) < 4.78 is 21.8. The van der Waals surface area contributed by atoms with Crippen LogP contribution in [0.2, 0.25) is 0 Å². The zero-order valence-corrected chi connectivity index (χ0v) is 19.8. The predicted octanol–water partition coefficient (Wildman–Crippen LogP) is 3.63. The summed E-state index contributed by atoms with van der Waals surface area (Å²) in [5.74, 6) is -0.598. The molecule has 0 aliphatic rings. The fourth-order valence-corrected chi connectivity index (χ4v) is 3.66. The number of carbonyl (C=O) groups is 1. The molecule has 0 fully saturated rings. The minimum absolute atomic E-state index is 0.0471. The molecule has 0 unspecified atom stereocenters. The maximum Gasteiger partial charge on any atom is 0.404 e. The summed E-state index contributed by atoms with van der Waals surface area (Å²) in [5.41, 5.74) is 1.56. The fourth-order valence-electron chi connectivity index (χ4n) is 3.66. The average molecular weight is 503 g/mol. The van der Waals surface area contributed by atoms with E-state index in [1.807, 2.05) is 12.1 Å². The summed E-state index contributed by atoms with van der Waals surface area (Å²) in [7, 11) is 1.46. The molecule has 37 heavy (non-hydrogen) atoms. The third-order valence-corrected chi connectivity index (χ3v) is 5.36. The molecular formula is C24H22FN9O3. The Morgan fingerprint density at radius 2 is 2.03 bits per heavy atom. The van der Waals surface area contributed by atoms with Gasteiger partial charge < -0.3 is 25.8 Å². The number of nitriles is 1. The lowest BCUT2D eigenvalue weighted by atomic mass is 10.0. The van der Waals surface area contributed by atoms with E-state index in [1.54, 1.807) is 43.5 Å². The van der Waals surface area contributed by atoms with Crippen molar-refractivity contribution in [3.8, 4) is 17.6 Å². The number of carboxylic acid groups (broad SMARTS) is 1. The number of anilines is 3. The van der Waals surface area contributed by atoms with Gasteiger partial charge in [0.1, 0.15) is 11.8 Å². The molecule has 3 aromatic heterocycles. The molecule has 4 rings (SSSR count). The standard InChI is InChI=1S/C24H22FN9O3/c1-14(29-24(35)36)20(15-6-4-3-5-7-15)31-22-18(25)10-16(12-26)21(32-22)30-17-11-19(23(37-2)27-13-17)34-9-8-28-33-34/h3-11,13-14,20,29H,1-2H3,(H,35,36)(H2,30,31,32)/t14-,20-/m0/s1. The first-order chi connectivity index (χ1) is 17.9. The molecule has 188 valence electrons. The van der Waals surface area contributed by atoms with Crippen LogP contribution in [-0.4, -0.2) is 49.3 Å². The van der Waals surface area contributed by atoms with Gasteiger partial charge in [0.05, 0.1) is 49.0 Å². The maximum absolute atomic E-state index is 15.0. The number of hydrogen-bond acceptors (Lipinski definition) is 9. The lowest BCUT2D eigenvalue weighted by Crippen LogP contribution is -2.39. The number of methoxy groups -OCH3 is 1. The topological polar surface area (TPSA) is 163 Å². The fraction of sp³-hybridized carbons (Fsp3) is 0.167. The van der Waals surface area contributed by atoms with Crippen LogP contribution < -0.4 is 20.7 Å². The van der Waals surface area contributed by atoms with Crippen LogP contribution in [0.25, 0.3) is 5.69 Å². The summed E-state index contributed by atoms with van der Waals surface area (Å²) >= 11 is 0. The smallest absolute Gasteiger partial charge is 0.404 e. The van der Waals surface area contributed by atoms with Gasteiger partial charge in [-0.05, 0) is 24.6 Å². The second kappa shape index (κ2) is 11.0. The van der Waals surface area contributed by atoms with Crippen LogP contribution in [0.3, 0.4) is 0 Å². The van der Waals surface area contributed by atoms with Gasteiger partial charge >= 0.3 is 6.09 Å². The molecule has 0 bridgehead atoms. The van der Waals surface area contributed by atoms with E-state index in [1.165, 1.54) is 24.2 Å². The highest BCUT2D eigenvalue weighted by molar-refractivity contribution is 5.67. The van der Waals surface area contributed by atoms with Gasteiger partial charge in [-0.1, -0.05) is 35.5 Å². The molecule has 2 atom stereocenters. The number of pyridine rings is 2. The highest BCUT2D eigenvalue weighted by Crippen LogP contribution is 2.29. The molecule has 0 saturated carbocycles. The SMILES string of the molecule is COc1ncc(Nc2nc(N[C@H](c3ccccc3)[C@H](C)NC(=O)O)c(F)cc2C#N)cc1-n1ccnn1. The van der Waals surface area contributed by atoms with Gasteiger partial charge in [-0.15, -0.1) is 5.10 Å². The highest BCUT2D eigenvalue weighted by atomic mass is 19.1. The van der Waals surface area contributed by atoms with E-state index in [9.17, 15) is 15.2 Å². The second-order valence-corrected chi connectivity index (χ2v) is 7.82. The van der Waals surface area contributed by atoms with E-state index in [2.05, 4.69) is 36.2 Å². The third kappa shape index (κ3) is 5.70.